The number of rotatable bonds is 4. The maximum atomic E-state index is 13.0. The third-order valence-electron chi connectivity index (χ3n) is 3.41. The van der Waals surface area contributed by atoms with Gasteiger partial charge in [0.05, 0.1) is 5.02 Å². The van der Waals surface area contributed by atoms with E-state index in [-0.39, 0.29) is 30.1 Å². The molecule has 0 fully saturated rings. The van der Waals surface area contributed by atoms with E-state index in [0.29, 0.717) is 11.6 Å². The maximum absolute atomic E-state index is 13.0. The number of nitrogens with two attached hydrogens (primary N) is 1. The van der Waals surface area contributed by atoms with Gasteiger partial charge in [-0.1, -0.05) is 30.7 Å². The summed E-state index contributed by atoms with van der Waals surface area (Å²) < 4.78 is 13.0. The molecule has 0 bridgehead atoms. The molecule has 2 unspecified atom stereocenters. The van der Waals surface area contributed by atoms with E-state index in [2.05, 4.69) is 11.9 Å². The summed E-state index contributed by atoms with van der Waals surface area (Å²) in [6.07, 6.45) is 3.38. The van der Waals surface area contributed by atoms with Gasteiger partial charge in [-0.25, -0.2) is 4.39 Å². The maximum Gasteiger partial charge on any atom is 0.123 e. The lowest BCUT2D eigenvalue weighted by Crippen LogP contribution is -2.18. The van der Waals surface area contributed by atoms with Crippen LogP contribution in [0.1, 0.15) is 29.9 Å². The van der Waals surface area contributed by atoms with Crippen LogP contribution < -0.4 is 5.73 Å². The Morgan fingerprint density at radius 2 is 1.85 bits per heavy atom. The molecule has 0 saturated carbocycles. The van der Waals surface area contributed by atoms with E-state index in [9.17, 15) is 4.39 Å². The lowest BCUT2D eigenvalue weighted by atomic mass is 9.83. The molecule has 0 amide bonds. The number of benzene rings is 1. The van der Waals surface area contributed by atoms with Crippen LogP contribution in [0.15, 0.2) is 42.7 Å². The highest BCUT2D eigenvalue weighted by molar-refractivity contribution is 6.30. The molecule has 0 aliphatic carbocycles. The molecule has 0 spiro atoms. The zero-order chi connectivity index (χ0) is 13.8. The fourth-order valence-corrected chi connectivity index (χ4v) is 2.44. The molecule has 2 aromatic rings. The topological polar surface area (TPSA) is 38.9 Å². The zero-order valence-corrected chi connectivity index (χ0v) is 12.7. The summed E-state index contributed by atoms with van der Waals surface area (Å²) in [7, 11) is 0. The number of aromatic nitrogens is 1. The first kappa shape index (κ1) is 16.9. The number of halogens is 3. The molecule has 0 aliphatic heterocycles. The van der Waals surface area contributed by atoms with E-state index in [1.165, 1.54) is 12.1 Å². The van der Waals surface area contributed by atoms with Crippen molar-refractivity contribution in [1.82, 2.24) is 4.98 Å². The van der Waals surface area contributed by atoms with Crippen molar-refractivity contribution in [3.05, 3.63) is 64.7 Å². The number of nitrogens with zero attached hydrogens (tertiary/aromatic N) is 1. The van der Waals surface area contributed by atoms with Gasteiger partial charge in [0, 0.05) is 18.3 Å². The Labute approximate surface area is 129 Å². The van der Waals surface area contributed by atoms with Crippen LogP contribution in [0, 0.1) is 5.82 Å². The Hall–Kier alpha value is -1.16. The molecule has 5 heteroatoms. The second-order valence-electron chi connectivity index (χ2n) is 4.62. The summed E-state index contributed by atoms with van der Waals surface area (Å²) in [5.74, 6) is 0.0483. The van der Waals surface area contributed by atoms with Crippen LogP contribution in [0.25, 0.3) is 0 Å². The summed E-state index contributed by atoms with van der Waals surface area (Å²) in [4.78, 5) is 4.10. The van der Waals surface area contributed by atoms with Crippen molar-refractivity contribution >= 4 is 24.0 Å². The van der Waals surface area contributed by atoms with Crippen molar-refractivity contribution in [3.8, 4) is 0 Å². The van der Waals surface area contributed by atoms with Gasteiger partial charge in [-0.2, -0.15) is 0 Å². The van der Waals surface area contributed by atoms with Gasteiger partial charge in [0.25, 0.3) is 0 Å². The fraction of sp³-hybridized carbons (Fsp3) is 0.267. The minimum absolute atomic E-state index is 0. The molecule has 108 valence electrons. The monoisotopic (exact) mass is 314 g/mol. The van der Waals surface area contributed by atoms with Crippen LogP contribution >= 0.6 is 24.0 Å². The smallest absolute Gasteiger partial charge is 0.123 e. The highest BCUT2D eigenvalue weighted by atomic mass is 35.5. The predicted octanol–water partition coefficient (Wildman–Crippen LogP) is 4.14. The minimum Gasteiger partial charge on any atom is -0.330 e. The summed E-state index contributed by atoms with van der Waals surface area (Å²) in [6.45, 7) is 2.56. The molecule has 2 N–H and O–H groups in total. The van der Waals surface area contributed by atoms with Gasteiger partial charge in [-0.05, 0) is 41.8 Å². The molecular formula is C15H17Cl2FN2. The summed E-state index contributed by atoms with van der Waals surface area (Å²) in [5.41, 5.74) is 7.94. The highest BCUT2D eigenvalue weighted by Crippen LogP contribution is 2.32. The first-order valence-corrected chi connectivity index (χ1v) is 6.55. The quantitative estimate of drug-likeness (QED) is 0.921. The highest BCUT2D eigenvalue weighted by Gasteiger charge is 2.20. The van der Waals surface area contributed by atoms with Crippen LogP contribution in [0.4, 0.5) is 4.39 Å². The molecule has 1 aromatic heterocycles. The van der Waals surface area contributed by atoms with Crippen molar-refractivity contribution < 1.29 is 4.39 Å². The zero-order valence-electron chi connectivity index (χ0n) is 11.1. The largest absolute Gasteiger partial charge is 0.330 e. The summed E-state index contributed by atoms with van der Waals surface area (Å²) in [6, 6.07) is 8.40. The predicted molar refractivity (Wildman–Crippen MR) is 83.1 cm³/mol. The first-order chi connectivity index (χ1) is 9.11. The second kappa shape index (κ2) is 7.58. The van der Waals surface area contributed by atoms with Gasteiger partial charge >= 0.3 is 0 Å². The van der Waals surface area contributed by atoms with Crippen molar-refractivity contribution in [1.29, 1.82) is 0 Å². The fourth-order valence-electron chi connectivity index (χ4n) is 2.26. The standard InChI is InChI=1S/C15H16ClFN2.ClH/c1-10(11-2-4-14(17)5-3-11)15(7-18)12-6-13(16)9-19-8-12;/h2-6,8-10,15H,7,18H2,1H3;1H. The normalized spacial score (nSPS) is 13.4. The van der Waals surface area contributed by atoms with Gasteiger partial charge in [0.1, 0.15) is 5.82 Å². The second-order valence-corrected chi connectivity index (χ2v) is 5.06. The summed E-state index contributed by atoms with van der Waals surface area (Å²) >= 11 is 5.96. The number of hydrogen-bond acceptors (Lipinski definition) is 2. The van der Waals surface area contributed by atoms with Crippen molar-refractivity contribution in [2.45, 2.75) is 18.8 Å². The van der Waals surface area contributed by atoms with Crippen LogP contribution in [0.3, 0.4) is 0 Å². The van der Waals surface area contributed by atoms with Gasteiger partial charge in [0.2, 0.25) is 0 Å². The molecule has 2 rings (SSSR count). The average Bonchev–Trinajstić information content (AvgIpc) is 2.40. The van der Waals surface area contributed by atoms with E-state index in [1.807, 2.05) is 6.07 Å². The van der Waals surface area contributed by atoms with Crippen LogP contribution in [-0.2, 0) is 0 Å². The van der Waals surface area contributed by atoms with Crippen LogP contribution in [0.5, 0.6) is 0 Å². The first-order valence-electron chi connectivity index (χ1n) is 6.17. The third-order valence-corrected chi connectivity index (χ3v) is 3.61. The Morgan fingerprint density at radius 1 is 1.20 bits per heavy atom. The lowest BCUT2D eigenvalue weighted by Gasteiger charge is -2.23. The van der Waals surface area contributed by atoms with E-state index >= 15 is 0 Å². The van der Waals surface area contributed by atoms with E-state index in [4.69, 9.17) is 17.3 Å². The van der Waals surface area contributed by atoms with Gasteiger partial charge in [-0.15, -0.1) is 12.4 Å². The molecule has 2 atom stereocenters. The summed E-state index contributed by atoms with van der Waals surface area (Å²) in [5, 5.41) is 0.599. The van der Waals surface area contributed by atoms with E-state index < -0.39 is 0 Å². The number of pyridine rings is 1. The average molecular weight is 315 g/mol. The van der Waals surface area contributed by atoms with Gasteiger partial charge in [0.15, 0.2) is 0 Å². The molecule has 2 nitrogen and oxygen atoms in total. The van der Waals surface area contributed by atoms with Crippen molar-refractivity contribution in [2.75, 3.05) is 6.54 Å². The van der Waals surface area contributed by atoms with Crippen molar-refractivity contribution in [2.24, 2.45) is 5.73 Å². The molecule has 1 heterocycles. The van der Waals surface area contributed by atoms with E-state index in [0.717, 1.165) is 11.1 Å². The Bertz CT molecular complexity index is 546. The van der Waals surface area contributed by atoms with Gasteiger partial charge in [-0.3, -0.25) is 4.98 Å². The Morgan fingerprint density at radius 3 is 2.40 bits per heavy atom. The molecule has 1 aromatic carbocycles. The molecular weight excluding hydrogens is 298 g/mol. The molecule has 0 saturated heterocycles. The number of hydrogen-bond donors (Lipinski definition) is 1. The molecule has 0 radical (unpaired) electrons. The SMILES string of the molecule is CC(c1ccc(F)cc1)C(CN)c1cncc(Cl)c1.Cl. The third kappa shape index (κ3) is 3.92. The molecule has 0 aliphatic rings. The van der Waals surface area contributed by atoms with E-state index in [1.54, 1.807) is 24.5 Å². The Balaban J connectivity index is 0.00000200. The Kier molecular flexibility index (Phi) is 6.40. The van der Waals surface area contributed by atoms with Gasteiger partial charge < -0.3 is 5.73 Å². The van der Waals surface area contributed by atoms with Crippen molar-refractivity contribution in [3.63, 3.8) is 0 Å². The molecule has 20 heavy (non-hydrogen) atoms. The minimum atomic E-state index is -0.232. The van der Waals surface area contributed by atoms with Crippen LogP contribution in [0.2, 0.25) is 5.02 Å². The van der Waals surface area contributed by atoms with Crippen LogP contribution in [-0.4, -0.2) is 11.5 Å². The lowest BCUT2D eigenvalue weighted by molar-refractivity contribution is 0.579.